The Morgan fingerprint density at radius 2 is 1.79 bits per heavy atom. The molecule has 0 fully saturated rings. The van der Waals surface area contributed by atoms with Crippen molar-refractivity contribution in [1.82, 2.24) is 0 Å². The molecule has 0 bridgehead atoms. The highest BCUT2D eigenvalue weighted by atomic mass is 16.3. The first kappa shape index (κ1) is 11.5. The van der Waals surface area contributed by atoms with Gasteiger partial charge in [0.1, 0.15) is 0 Å². The summed E-state index contributed by atoms with van der Waals surface area (Å²) in [6, 6.07) is 0. The molecule has 1 aliphatic rings. The molecule has 0 spiro atoms. The van der Waals surface area contributed by atoms with E-state index in [4.69, 9.17) is 0 Å². The van der Waals surface area contributed by atoms with Crippen molar-refractivity contribution in [3.8, 4) is 0 Å². The zero-order valence-electron chi connectivity index (χ0n) is 10.2. The first-order chi connectivity index (χ1) is 6.14. The maximum Gasteiger partial charge on any atom is 0.0843 e. The second-order valence-corrected chi connectivity index (χ2v) is 5.96. The normalized spacial score (nSPS) is 26.9. The maximum atomic E-state index is 10.2. The molecule has 0 saturated carbocycles. The second-order valence-electron chi connectivity index (χ2n) is 5.96. The van der Waals surface area contributed by atoms with E-state index in [2.05, 4.69) is 53.7 Å². The zero-order chi connectivity index (χ0) is 11.1. The first-order valence-electron chi connectivity index (χ1n) is 5.24. The largest absolute Gasteiger partial charge is 0.388 e. The van der Waals surface area contributed by atoms with Gasteiger partial charge in [0.25, 0.3) is 0 Å². The van der Waals surface area contributed by atoms with Crippen LogP contribution in [0.2, 0.25) is 0 Å². The number of aliphatic hydroxyl groups excluding tert-OH is 1. The van der Waals surface area contributed by atoms with E-state index in [0.29, 0.717) is 0 Å². The molecule has 0 aliphatic heterocycles. The highest BCUT2D eigenvalue weighted by molar-refractivity contribution is 5.36. The lowest BCUT2D eigenvalue weighted by molar-refractivity contribution is 0.0936. The van der Waals surface area contributed by atoms with Gasteiger partial charge in [-0.15, -0.1) is 0 Å². The van der Waals surface area contributed by atoms with Crippen molar-refractivity contribution in [2.45, 2.75) is 47.6 Å². The molecule has 14 heavy (non-hydrogen) atoms. The monoisotopic (exact) mass is 194 g/mol. The van der Waals surface area contributed by atoms with Crippen LogP contribution in [0.1, 0.15) is 41.5 Å². The van der Waals surface area contributed by atoms with Crippen molar-refractivity contribution in [2.75, 3.05) is 0 Å². The fourth-order valence-corrected chi connectivity index (χ4v) is 2.06. The number of hydrogen-bond acceptors (Lipinski definition) is 1. The summed E-state index contributed by atoms with van der Waals surface area (Å²) < 4.78 is 0. The SMILES string of the molecule is CC1=CC(C)(C)C(O)C(C(C)(C)C)=C1. The Balaban J connectivity index is 3.15. The van der Waals surface area contributed by atoms with Gasteiger partial charge in [0.2, 0.25) is 0 Å². The molecule has 1 unspecified atom stereocenters. The highest BCUT2D eigenvalue weighted by Gasteiger charge is 2.36. The van der Waals surface area contributed by atoms with Gasteiger partial charge in [-0.05, 0) is 17.9 Å². The summed E-state index contributed by atoms with van der Waals surface area (Å²) in [6.07, 6.45) is 3.91. The molecule has 1 aliphatic carbocycles. The van der Waals surface area contributed by atoms with E-state index in [1.807, 2.05) is 0 Å². The van der Waals surface area contributed by atoms with Gasteiger partial charge in [0, 0.05) is 5.41 Å². The van der Waals surface area contributed by atoms with Gasteiger partial charge in [-0.25, -0.2) is 0 Å². The third kappa shape index (κ3) is 2.09. The van der Waals surface area contributed by atoms with Gasteiger partial charge in [0.15, 0.2) is 0 Å². The Labute approximate surface area is 87.5 Å². The van der Waals surface area contributed by atoms with Gasteiger partial charge in [-0.3, -0.25) is 0 Å². The summed E-state index contributed by atoms with van der Waals surface area (Å²) in [5, 5.41) is 10.2. The van der Waals surface area contributed by atoms with Crippen LogP contribution in [0.4, 0.5) is 0 Å². The van der Waals surface area contributed by atoms with Crippen molar-refractivity contribution in [1.29, 1.82) is 0 Å². The van der Waals surface area contributed by atoms with Gasteiger partial charge in [-0.1, -0.05) is 52.3 Å². The molecule has 1 rings (SSSR count). The molecule has 1 N–H and O–H groups in total. The average Bonchev–Trinajstić information content (AvgIpc) is 1.93. The fourth-order valence-electron chi connectivity index (χ4n) is 2.06. The molecule has 0 aromatic heterocycles. The van der Waals surface area contributed by atoms with E-state index >= 15 is 0 Å². The quantitative estimate of drug-likeness (QED) is 0.627. The fraction of sp³-hybridized carbons (Fsp3) is 0.692. The third-order valence-electron chi connectivity index (χ3n) is 2.85. The zero-order valence-corrected chi connectivity index (χ0v) is 10.2. The van der Waals surface area contributed by atoms with Crippen molar-refractivity contribution >= 4 is 0 Å². The molecule has 0 amide bonds. The molecule has 0 saturated heterocycles. The van der Waals surface area contributed by atoms with Crippen molar-refractivity contribution in [3.63, 3.8) is 0 Å². The number of rotatable bonds is 0. The van der Waals surface area contributed by atoms with E-state index in [1.165, 1.54) is 5.57 Å². The first-order valence-corrected chi connectivity index (χ1v) is 5.24. The van der Waals surface area contributed by atoms with E-state index in [9.17, 15) is 5.11 Å². The molecule has 1 heteroatoms. The lowest BCUT2D eigenvalue weighted by Gasteiger charge is -2.39. The van der Waals surface area contributed by atoms with Crippen LogP contribution in [0.15, 0.2) is 23.3 Å². The highest BCUT2D eigenvalue weighted by Crippen LogP contribution is 2.41. The van der Waals surface area contributed by atoms with Crippen LogP contribution >= 0.6 is 0 Å². The molecular formula is C13H22O. The van der Waals surface area contributed by atoms with Crippen LogP contribution < -0.4 is 0 Å². The smallest absolute Gasteiger partial charge is 0.0843 e. The van der Waals surface area contributed by atoms with Gasteiger partial charge < -0.3 is 5.11 Å². The molecule has 0 aromatic rings. The maximum absolute atomic E-state index is 10.2. The van der Waals surface area contributed by atoms with E-state index < -0.39 is 0 Å². The Kier molecular flexibility index (Phi) is 2.66. The molecule has 0 aromatic carbocycles. The summed E-state index contributed by atoms with van der Waals surface area (Å²) in [4.78, 5) is 0. The molecule has 0 heterocycles. The molecule has 1 atom stereocenters. The molecular weight excluding hydrogens is 172 g/mol. The van der Waals surface area contributed by atoms with Crippen molar-refractivity contribution in [3.05, 3.63) is 23.3 Å². The van der Waals surface area contributed by atoms with E-state index in [1.54, 1.807) is 0 Å². The Morgan fingerprint density at radius 1 is 1.29 bits per heavy atom. The number of aliphatic hydroxyl groups is 1. The van der Waals surface area contributed by atoms with Crippen molar-refractivity contribution < 1.29 is 5.11 Å². The topological polar surface area (TPSA) is 20.2 Å². The van der Waals surface area contributed by atoms with E-state index in [-0.39, 0.29) is 16.9 Å². The van der Waals surface area contributed by atoms with Crippen LogP contribution in [0.25, 0.3) is 0 Å². The molecule has 0 radical (unpaired) electrons. The summed E-state index contributed by atoms with van der Waals surface area (Å²) in [5.41, 5.74) is 2.31. The predicted molar refractivity (Wildman–Crippen MR) is 61.1 cm³/mol. The standard InChI is InChI=1S/C13H22O/c1-9-7-10(12(2,3)4)11(14)13(5,6)8-9/h7-8,11,14H,1-6H3. The van der Waals surface area contributed by atoms with Crippen LogP contribution in [-0.4, -0.2) is 11.2 Å². The van der Waals surface area contributed by atoms with Crippen LogP contribution in [-0.2, 0) is 0 Å². The predicted octanol–water partition coefficient (Wildman–Crippen LogP) is 3.31. The summed E-state index contributed by atoms with van der Waals surface area (Å²) in [6.45, 7) is 12.7. The Bertz CT molecular complexity index is 287. The van der Waals surface area contributed by atoms with Gasteiger partial charge in [0.05, 0.1) is 6.10 Å². The van der Waals surface area contributed by atoms with E-state index in [0.717, 1.165) is 5.57 Å². The minimum atomic E-state index is -0.355. The van der Waals surface area contributed by atoms with Gasteiger partial charge >= 0.3 is 0 Å². The van der Waals surface area contributed by atoms with Crippen LogP contribution in [0.3, 0.4) is 0 Å². The second kappa shape index (κ2) is 3.23. The third-order valence-corrected chi connectivity index (χ3v) is 2.85. The minimum absolute atomic E-state index is 0.0478. The Morgan fingerprint density at radius 3 is 2.21 bits per heavy atom. The van der Waals surface area contributed by atoms with Crippen molar-refractivity contribution in [2.24, 2.45) is 10.8 Å². The van der Waals surface area contributed by atoms with Crippen LogP contribution in [0, 0.1) is 10.8 Å². The average molecular weight is 194 g/mol. The summed E-state index contributed by atoms with van der Waals surface area (Å²) in [7, 11) is 0. The molecule has 1 nitrogen and oxygen atoms in total. The summed E-state index contributed by atoms with van der Waals surface area (Å²) in [5.74, 6) is 0. The minimum Gasteiger partial charge on any atom is -0.388 e. The Hall–Kier alpha value is -0.560. The lowest BCUT2D eigenvalue weighted by atomic mass is 9.69. The number of hydrogen-bond donors (Lipinski definition) is 1. The number of allylic oxidation sites excluding steroid dienone is 2. The lowest BCUT2D eigenvalue weighted by Crippen LogP contribution is -2.36. The molecule has 80 valence electrons. The van der Waals surface area contributed by atoms with Gasteiger partial charge in [-0.2, -0.15) is 0 Å². The summed E-state index contributed by atoms with van der Waals surface area (Å²) >= 11 is 0. The van der Waals surface area contributed by atoms with Crippen LogP contribution in [0.5, 0.6) is 0 Å².